The molecule has 106 valence electrons. The number of hydrogen-bond donors (Lipinski definition) is 1. The van der Waals surface area contributed by atoms with Crippen molar-refractivity contribution in [3.05, 3.63) is 11.3 Å². The zero-order valence-electron chi connectivity index (χ0n) is 12.1. The summed E-state index contributed by atoms with van der Waals surface area (Å²) in [5, 5.41) is 8.02. The second kappa shape index (κ2) is 5.13. The van der Waals surface area contributed by atoms with Crippen molar-refractivity contribution >= 4 is 0 Å². The Morgan fingerprint density at radius 3 is 3.05 bits per heavy atom. The lowest BCUT2D eigenvalue weighted by atomic mass is 9.91. The SMILES string of the molecule is COc1c(CN2CCCC3CNCC32)c(C)nn1C. The van der Waals surface area contributed by atoms with E-state index in [0.717, 1.165) is 30.6 Å². The first-order valence-corrected chi connectivity index (χ1v) is 7.22. The predicted octanol–water partition coefficient (Wildman–Crippen LogP) is 0.921. The van der Waals surface area contributed by atoms with Crippen molar-refractivity contribution < 1.29 is 4.74 Å². The summed E-state index contributed by atoms with van der Waals surface area (Å²) in [5.74, 6) is 1.74. The van der Waals surface area contributed by atoms with Crippen LogP contribution in [-0.2, 0) is 13.6 Å². The fourth-order valence-electron chi connectivity index (χ4n) is 3.68. The molecule has 3 rings (SSSR count). The monoisotopic (exact) mass is 264 g/mol. The number of rotatable bonds is 3. The highest BCUT2D eigenvalue weighted by molar-refractivity contribution is 5.31. The molecule has 2 aliphatic heterocycles. The molecule has 1 aromatic heterocycles. The Morgan fingerprint density at radius 1 is 1.42 bits per heavy atom. The molecule has 1 N–H and O–H groups in total. The van der Waals surface area contributed by atoms with Crippen LogP contribution in [0.2, 0.25) is 0 Å². The Hall–Kier alpha value is -1.07. The van der Waals surface area contributed by atoms with Crippen LogP contribution in [0.5, 0.6) is 5.88 Å². The number of nitrogens with zero attached hydrogens (tertiary/aromatic N) is 3. The number of hydrogen-bond acceptors (Lipinski definition) is 4. The summed E-state index contributed by atoms with van der Waals surface area (Å²) in [6.45, 7) is 6.55. The van der Waals surface area contributed by atoms with Crippen LogP contribution in [0.15, 0.2) is 0 Å². The van der Waals surface area contributed by atoms with E-state index in [9.17, 15) is 0 Å². The van der Waals surface area contributed by atoms with Gasteiger partial charge in [-0.15, -0.1) is 0 Å². The molecule has 2 fully saturated rings. The van der Waals surface area contributed by atoms with Crippen LogP contribution in [0, 0.1) is 12.8 Å². The van der Waals surface area contributed by atoms with Gasteiger partial charge in [0.05, 0.1) is 18.4 Å². The first kappa shape index (κ1) is 12.9. The van der Waals surface area contributed by atoms with Crippen molar-refractivity contribution in [1.29, 1.82) is 0 Å². The summed E-state index contributed by atoms with van der Waals surface area (Å²) >= 11 is 0. The standard InChI is InChI=1S/C14H24N4O/c1-10-12(14(19-3)17(2)16-10)9-18-6-4-5-11-7-15-8-13(11)18/h11,13,15H,4-9H2,1-3H3. The maximum atomic E-state index is 5.51. The molecule has 2 saturated heterocycles. The lowest BCUT2D eigenvalue weighted by molar-refractivity contribution is 0.116. The molecule has 2 aliphatic rings. The van der Waals surface area contributed by atoms with Gasteiger partial charge in [0.15, 0.2) is 0 Å². The highest BCUT2D eigenvalue weighted by Gasteiger charge is 2.35. The summed E-state index contributed by atoms with van der Waals surface area (Å²) in [5.41, 5.74) is 2.34. The Morgan fingerprint density at radius 2 is 2.26 bits per heavy atom. The topological polar surface area (TPSA) is 42.3 Å². The molecule has 3 heterocycles. The van der Waals surface area contributed by atoms with Crippen molar-refractivity contribution in [2.45, 2.75) is 32.4 Å². The Bertz CT molecular complexity index is 457. The van der Waals surface area contributed by atoms with Gasteiger partial charge >= 0.3 is 0 Å². The molecule has 2 atom stereocenters. The van der Waals surface area contributed by atoms with Crippen molar-refractivity contribution in [3.63, 3.8) is 0 Å². The maximum Gasteiger partial charge on any atom is 0.216 e. The molecule has 0 bridgehead atoms. The van der Waals surface area contributed by atoms with Crippen molar-refractivity contribution in [2.24, 2.45) is 13.0 Å². The summed E-state index contributed by atoms with van der Waals surface area (Å²) in [7, 11) is 3.68. The van der Waals surface area contributed by atoms with Crippen molar-refractivity contribution in [2.75, 3.05) is 26.7 Å². The van der Waals surface area contributed by atoms with E-state index >= 15 is 0 Å². The minimum atomic E-state index is 0.693. The predicted molar refractivity (Wildman–Crippen MR) is 74.3 cm³/mol. The average Bonchev–Trinajstić information content (AvgIpc) is 2.96. The van der Waals surface area contributed by atoms with Crippen LogP contribution < -0.4 is 10.1 Å². The van der Waals surface area contributed by atoms with Gasteiger partial charge in [0.1, 0.15) is 0 Å². The highest BCUT2D eigenvalue weighted by Crippen LogP contribution is 2.30. The second-order valence-corrected chi connectivity index (χ2v) is 5.80. The third kappa shape index (κ3) is 2.25. The maximum absolute atomic E-state index is 5.51. The fourth-order valence-corrected chi connectivity index (χ4v) is 3.68. The normalized spacial score (nSPS) is 27.5. The van der Waals surface area contributed by atoms with E-state index in [1.807, 2.05) is 11.7 Å². The highest BCUT2D eigenvalue weighted by atomic mass is 16.5. The van der Waals surface area contributed by atoms with Gasteiger partial charge in [-0.25, -0.2) is 4.68 Å². The van der Waals surface area contributed by atoms with E-state index < -0.39 is 0 Å². The van der Waals surface area contributed by atoms with Gasteiger partial charge in [-0.2, -0.15) is 5.10 Å². The van der Waals surface area contributed by atoms with E-state index in [4.69, 9.17) is 4.74 Å². The Balaban J connectivity index is 1.80. The van der Waals surface area contributed by atoms with Gasteiger partial charge in [0, 0.05) is 26.2 Å². The van der Waals surface area contributed by atoms with E-state index in [0.29, 0.717) is 6.04 Å². The zero-order chi connectivity index (χ0) is 13.4. The van der Waals surface area contributed by atoms with Gasteiger partial charge in [-0.3, -0.25) is 4.90 Å². The minimum Gasteiger partial charge on any atom is -0.481 e. The zero-order valence-corrected chi connectivity index (χ0v) is 12.1. The number of methoxy groups -OCH3 is 1. The van der Waals surface area contributed by atoms with Gasteiger partial charge in [-0.1, -0.05) is 0 Å². The van der Waals surface area contributed by atoms with Gasteiger partial charge in [0.2, 0.25) is 5.88 Å². The Kier molecular flexibility index (Phi) is 3.50. The smallest absolute Gasteiger partial charge is 0.216 e. The van der Waals surface area contributed by atoms with E-state index in [2.05, 4.69) is 22.2 Å². The summed E-state index contributed by atoms with van der Waals surface area (Å²) in [6, 6.07) is 0.693. The molecule has 0 saturated carbocycles. The molecule has 0 amide bonds. The molecular weight excluding hydrogens is 240 g/mol. The lowest BCUT2D eigenvalue weighted by Crippen LogP contribution is -2.44. The molecule has 1 aromatic rings. The molecule has 0 aromatic carbocycles. The average molecular weight is 264 g/mol. The van der Waals surface area contributed by atoms with Crippen LogP contribution in [0.1, 0.15) is 24.1 Å². The third-order valence-electron chi connectivity index (χ3n) is 4.64. The number of ether oxygens (including phenoxy) is 1. The van der Waals surface area contributed by atoms with Gasteiger partial charge < -0.3 is 10.1 Å². The first-order valence-electron chi connectivity index (χ1n) is 7.22. The number of likely N-dealkylation sites (tertiary alicyclic amines) is 1. The van der Waals surface area contributed by atoms with Crippen LogP contribution in [0.4, 0.5) is 0 Å². The number of piperidine rings is 1. The van der Waals surface area contributed by atoms with Gasteiger partial charge in [-0.05, 0) is 38.8 Å². The molecule has 0 aliphatic carbocycles. The second-order valence-electron chi connectivity index (χ2n) is 5.80. The number of aromatic nitrogens is 2. The van der Waals surface area contributed by atoms with Crippen LogP contribution in [0.25, 0.3) is 0 Å². The lowest BCUT2D eigenvalue weighted by Gasteiger charge is -2.37. The first-order chi connectivity index (χ1) is 9.20. The fraction of sp³-hybridized carbons (Fsp3) is 0.786. The van der Waals surface area contributed by atoms with E-state index in [1.54, 1.807) is 7.11 Å². The van der Waals surface area contributed by atoms with E-state index in [-0.39, 0.29) is 0 Å². The summed E-state index contributed by atoms with van der Waals surface area (Å²) in [4.78, 5) is 2.61. The minimum absolute atomic E-state index is 0.693. The van der Waals surface area contributed by atoms with Crippen LogP contribution >= 0.6 is 0 Å². The third-order valence-corrected chi connectivity index (χ3v) is 4.64. The molecule has 5 heteroatoms. The van der Waals surface area contributed by atoms with Gasteiger partial charge in [0.25, 0.3) is 0 Å². The van der Waals surface area contributed by atoms with Crippen LogP contribution in [0.3, 0.4) is 0 Å². The van der Waals surface area contributed by atoms with Crippen LogP contribution in [-0.4, -0.2) is 47.5 Å². The quantitative estimate of drug-likeness (QED) is 0.881. The molecule has 0 radical (unpaired) electrons. The molecule has 2 unspecified atom stereocenters. The van der Waals surface area contributed by atoms with Crippen molar-refractivity contribution in [1.82, 2.24) is 20.0 Å². The molecular formula is C14H24N4O. The number of aryl methyl sites for hydroxylation is 2. The van der Waals surface area contributed by atoms with E-state index in [1.165, 1.54) is 31.5 Å². The molecule has 0 spiro atoms. The molecule has 19 heavy (non-hydrogen) atoms. The summed E-state index contributed by atoms with van der Waals surface area (Å²) < 4.78 is 7.35. The number of nitrogens with one attached hydrogen (secondary N) is 1. The summed E-state index contributed by atoms with van der Waals surface area (Å²) in [6.07, 6.45) is 2.68. The van der Waals surface area contributed by atoms with Crippen molar-refractivity contribution in [3.8, 4) is 5.88 Å². The number of fused-ring (bicyclic) bond motifs is 1. The molecule has 5 nitrogen and oxygen atoms in total. The Labute approximate surface area is 114 Å². The largest absolute Gasteiger partial charge is 0.481 e.